The van der Waals surface area contributed by atoms with E-state index in [1.807, 2.05) is 0 Å². The van der Waals surface area contributed by atoms with Crippen LogP contribution in [0, 0.1) is 5.41 Å². The van der Waals surface area contributed by atoms with Crippen LogP contribution in [0.2, 0.25) is 0 Å². The Morgan fingerprint density at radius 3 is 2.53 bits per heavy atom. The first kappa shape index (κ1) is 11.8. The second-order valence-electron chi connectivity index (χ2n) is 4.20. The highest BCUT2D eigenvalue weighted by Crippen LogP contribution is 2.27. The summed E-state index contributed by atoms with van der Waals surface area (Å²) in [6, 6.07) is 0. The van der Waals surface area contributed by atoms with Crippen molar-refractivity contribution in [3.05, 3.63) is 0 Å². The zero-order valence-corrected chi connectivity index (χ0v) is 10.1. The second kappa shape index (κ2) is 4.28. The molecule has 1 fully saturated rings. The van der Waals surface area contributed by atoms with Gasteiger partial charge in [-0.2, -0.15) is 0 Å². The fourth-order valence-corrected chi connectivity index (χ4v) is 2.14. The summed E-state index contributed by atoms with van der Waals surface area (Å²) in [5, 5.41) is 19.0. The molecule has 0 unspecified atom stereocenters. The molecule has 0 atom stereocenters. The van der Waals surface area contributed by atoms with Crippen LogP contribution in [0.5, 0.6) is 0 Å². The maximum atomic E-state index is 7.61. The molecule has 0 radical (unpaired) electrons. The molecule has 94 valence electrons. The smallest absolute Gasteiger partial charge is 0.245 e. The Balaban J connectivity index is 2.08. The van der Waals surface area contributed by atoms with Gasteiger partial charge in [0.15, 0.2) is 0 Å². The number of nitrogens with one attached hydrogen (secondary N) is 1. The largest absolute Gasteiger partial charge is 0.385 e. The SMILES string of the molecule is COC1(C(=N)N)CCN(c2nnnn2C)CC1. The van der Waals surface area contributed by atoms with Gasteiger partial charge in [0, 0.05) is 40.1 Å². The molecule has 17 heavy (non-hydrogen) atoms. The minimum atomic E-state index is -0.622. The number of hydrogen-bond donors (Lipinski definition) is 2. The first-order valence-corrected chi connectivity index (χ1v) is 5.46. The molecule has 0 saturated carbocycles. The highest BCUT2D eigenvalue weighted by Gasteiger charge is 2.38. The standard InChI is InChI=1S/C9H17N7O/c1-15-8(12-13-14-15)16-5-3-9(17-2,4-6-16)7(10)11/h3-6H2,1-2H3,(H3,10,11). The van der Waals surface area contributed by atoms with E-state index in [1.165, 1.54) is 0 Å². The van der Waals surface area contributed by atoms with E-state index in [9.17, 15) is 0 Å². The first-order chi connectivity index (χ1) is 8.09. The van der Waals surface area contributed by atoms with Crippen molar-refractivity contribution >= 4 is 11.8 Å². The third kappa shape index (κ3) is 1.95. The predicted octanol–water partition coefficient (Wildman–Crippen LogP) is -0.869. The molecule has 8 nitrogen and oxygen atoms in total. The van der Waals surface area contributed by atoms with E-state index in [1.54, 1.807) is 18.8 Å². The van der Waals surface area contributed by atoms with Crippen molar-refractivity contribution in [1.29, 1.82) is 5.41 Å². The van der Waals surface area contributed by atoms with Crippen LogP contribution in [0.25, 0.3) is 0 Å². The van der Waals surface area contributed by atoms with Crippen LogP contribution >= 0.6 is 0 Å². The van der Waals surface area contributed by atoms with Crippen LogP contribution in [-0.4, -0.2) is 51.8 Å². The minimum absolute atomic E-state index is 0.0933. The van der Waals surface area contributed by atoms with E-state index in [2.05, 4.69) is 20.4 Å². The maximum absolute atomic E-state index is 7.61. The molecule has 0 bridgehead atoms. The molecule has 0 aromatic carbocycles. The molecule has 8 heteroatoms. The number of anilines is 1. The minimum Gasteiger partial charge on any atom is -0.385 e. The predicted molar refractivity (Wildman–Crippen MR) is 61.9 cm³/mol. The zero-order chi connectivity index (χ0) is 12.5. The van der Waals surface area contributed by atoms with Gasteiger partial charge < -0.3 is 15.4 Å². The van der Waals surface area contributed by atoms with Gasteiger partial charge >= 0.3 is 0 Å². The molecule has 1 aromatic heterocycles. The number of aromatic nitrogens is 4. The normalized spacial score (nSPS) is 19.3. The Morgan fingerprint density at radius 1 is 1.47 bits per heavy atom. The number of nitrogens with zero attached hydrogens (tertiary/aromatic N) is 5. The first-order valence-electron chi connectivity index (χ1n) is 5.46. The number of hydrogen-bond acceptors (Lipinski definition) is 6. The Kier molecular flexibility index (Phi) is 2.97. The van der Waals surface area contributed by atoms with Crippen molar-refractivity contribution in [3.63, 3.8) is 0 Å². The van der Waals surface area contributed by atoms with Crippen LogP contribution in [-0.2, 0) is 11.8 Å². The van der Waals surface area contributed by atoms with Crippen molar-refractivity contribution < 1.29 is 4.74 Å². The fourth-order valence-electron chi connectivity index (χ4n) is 2.14. The highest BCUT2D eigenvalue weighted by atomic mass is 16.5. The second-order valence-corrected chi connectivity index (χ2v) is 4.20. The summed E-state index contributed by atoms with van der Waals surface area (Å²) >= 11 is 0. The third-order valence-electron chi connectivity index (χ3n) is 3.33. The quantitative estimate of drug-likeness (QED) is 0.524. The summed E-state index contributed by atoms with van der Waals surface area (Å²) < 4.78 is 7.03. The van der Waals surface area contributed by atoms with Crippen molar-refractivity contribution in [2.75, 3.05) is 25.1 Å². The van der Waals surface area contributed by atoms with Crippen LogP contribution in [0.15, 0.2) is 0 Å². The summed E-state index contributed by atoms with van der Waals surface area (Å²) in [4.78, 5) is 2.07. The van der Waals surface area contributed by atoms with E-state index in [0.29, 0.717) is 12.8 Å². The van der Waals surface area contributed by atoms with Gasteiger partial charge in [0.1, 0.15) is 11.4 Å². The van der Waals surface area contributed by atoms with E-state index >= 15 is 0 Å². The Morgan fingerprint density at radius 2 is 2.12 bits per heavy atom. The molecule has 0 amide bonds. The van der Waals surface area contributed by atoms with E-state index in [-0.39, 0.29) is 5.84 Å². The molecule has 0 aliphatic carbocycles. The van der Waals surface area contributed by atoms with Gasteiger partial charge in [0.05, 0.1) is 0 Å². The maximum Gasteiger partial charge on any atom is 0.245 e. The number of tetrazole rings is 1. The molecule has 3 N–H and O–H groups in total. The third-order valence-corrected chi connectivity index (χ3v) is 3.33. The summed E-state index contributed by atoms with van der Waals surface area (Å²) in [5.41, 5.74) is 4.98. The van der Waals surface area contributed by atoms with Gasteiger partial charge in [0.2, 0.25) is 5.95 Å². The van der Waals surface area contributed by atoms with Gasteiger partial charge in [-0.1, -0.05) is 5.10 Å². The zero-order valence-electron chi connectivity index (χ0n) is 10.1. The van der Waals surface area contributed by atoms with Crippen LogP contribution < -0.4 is 10.6 Å². The van der Waals surface area contributed by atoms with E-state index in [0.717, 1.165) is 19.0 Å². The molecular formula is C9H17N7O. The molecular weight excluding hydrogens is 222 g/mol. The van der Waals surface area contributed by atoms with Gasteiger partial charge in [-0.25, -0.2) is 4.68 Å². The number of rotatable bonds is 3. The van der Waals surface area contributed by atoms with Crippen LogP contribution in [0.4, 0.5) is 5.95 Å². The van der Waals surface area contributed by atoms with Crippen molar-refractivity contribution in [2.45, 2.75) is 18.4 Å². The summed E-state index contributed by atoms with van der Waals surface area (Å²) in [6.45, 7) is 1.45. The molecule has 1 saturated heterocycles. The van der Waals surface area contributed by atoms with E-state index < -0.39 is 5.60 Å². The topological polar surface area (TPSA) is 106 Å². The molecule has 1 aliphatic rings. The summed E-state index contributed by atoms with van der Waals surface area (Å²) in [6.07, 6.45) is 1.34. The molecule has 2 heterocycles. The van der Waals surface area contributed by atoms with Gasteiger partial charge in [-0.05, 0) is 10.4 Å². The number of ether oxygens (including phenoxy) is 1. The van der Waals surface area contributed by atoms with Gasteiger partial charge in [-0.15, -0.1) is 0 Å². The lowest BCUT2D eigenvalue weighted by molar-refractivity contribution is 0.0277. The summed E-state index contributed by atoms with van der Waals surface area (Å²) in [7, 11) is 3.40. The number of methoxy groups -OCH3 is 1. The fraction of sp³-hybridized carbons (Fsp3) is 0.778. The average Bonchev–Trinajstić information content (AvgIpc) is 2.75. The lowest BCUT2D eigenvalue weighted by Gasteiger charge is -2.39. The highest BCUT2D eigenvalue weighted by molar-refractivity contribution is 5.86. The number of aryl methyl sites for hydroxylation is 1. The van der Waals surface area contributed by atoms with Crippen LogP contribution in [0.3, 0.4) is 0 Å². The van der Waals surface area contributed by atoms with Crippen molar-refractivity contribution in [2.24, 2.45) is 12.8 Å². The Bertz CT molecular complexity index is 407. The lowest BCUT2D eigenvalue weighted by atomic mass is 9.90. The Labute approximate surface area is 99.2 Å². The summed E-state index contributed by atoms with van der Waals surface area (Å²) in [5.74, 6) is 0.828. The monoisotopic (exact) mass is 239 g/mol. The molecule has 2 rings (SSSR count). The number of amidine groups is 1. The van der Waals surface area contributed by atoms with Gasteiger partial charge in [-0.3, -0.25) is 5.41 Å². The van der Waals surface area contributed by atoms with Crippen LogP contribution in [0.1, 0.15) is 12.8 Å². The number of piperidine rings is 1. The van der Waals surface area contributed by atoms with Gasteiger partial charge in [0.25, 0.3) is 0 Å². The van der Waals surface area contributed by atoms with E-state index in [4.69, 9.17) is 15.9 Å². The average molecular weight is 239 g/mol. The molecule has 1 aliphatic heterocycles. The molecule has 0 spiro atoms. The van der Waals surface area contributed by atoms with Crippen molar-refractivity contribution in [3.8, 4) is 0 Å². The molecule has 1 aromatic rings. The lowest BCUT2D eigenvalue weighted by Crippen LogP contribution is -2.53. The van der Waals surface area contributed by atoms with Crippen molar-refractivity contribution in [1.82, 2.24) is 20.2 Å². The number of nitrogens with two attached hydrogens (primary N) is 1. The Hall–Kier alpha value is -1.70.